The lowest BCUT2D eigenvalue weighted by Gasteiger charge is -2.34. The molecule has 3 aromatic rings. The molecule has 39 heavy (non-hydrogen) atoms. The lowest BCUT2D eigenvalue weighted by molar-refractivity contribution is -0.272. The van der Waals surface area contributed by atoms with Crippen LogP contribution in [-0.4, -0.2) is 75.7 Å². The third-order valence-electron chi connectivity index (χ3n) is 7.49. The predicted octanol–water partition coefficient (Wildman–Crippen LogP) is 4.12. The van der Waals surface area contributed by atoms with Gasteiger partial charge in [-0.3, -0.25) is 14.1 Å². The molecule has 0 saturated carbocycles. The van der Waals surface area contributed by atoms with E-state index in [1.165, 1.54) is 29.9 Å². The summed E-state index contributed by atoms with van der Waals surface area (Å²) in [4.78, 5) is 15.1. The summed E-state index contributed by atoms with van der Waals surface area (Å²) >= 11 is 0. The average molecular weight is 557 g/mol. The third-order valence-corrected chi connectivity index (χ3v) is 7.49. The van der Waals surface area contributed by atoms with Crippen molar-refractivity contribution < 1.29 is 40.6 Å². The van der Waals surface area contributed by atoms with Crippen LogP contribution in [0.4, 0.5) is 32.0 Å². The number of carbonyl (C=O) groups excluding carboxylic acids is 1. The molecule has 2 aliphatic heterocycles. The predicted molar refractivity (Wildman–Crippen MR) is 126 cm³/mol. The molecular weight excluding hydrogens is 532 g/mol. The van der Waals surface area contributed by atoms with Gasteiger partial charge in [0.1, 0.15) is 25.2 Å². The zero-order valence-corrected chi connectivity index (χ0v) is 20.9. The van der Waals surface area contributed by atoms with Crippen LogP contribution in [-0.2, 0) is 9.53 Å². The van der Waals surface area contributed by atoms with Gasteiger partial charge in [0.25, 0.3) is 5.91 Å². The molecule has 0 spiro atoms. The summed E-state index contributed by atoms with van der Waals surface area (Å²) in [5, 5.41) is 10.1. The average Bonchev–Trinajstić information content (AvgIpc) is 3.43. The molecular formula is C25H25F6N5O3. The maximum absolute atomic E-state index is 15.0. The molecule has 0 radical (unpaired) electrons. The van der Waals surface area contributed by atoms with E-state index < -0.39 is 59.2 Å². The van der Waals surface area contributed by atoms with Gasteiger partial charge in [-0.25, -0.2) is 8.78 Å². The van der Waals surface area contributed by atoms with Crippen LogP contribution in [0.1, 0.15) is 25.3 Å². The van der Waals surface area contributed by atoms with Gasteiger partial charge in [-0.15, -0.1) is 10.2 Å². The van der Waals surface area contributed by atoms with Crippen molar-refractivity contribution in [1.29, 1.82) is 0 Å². The summed E-state index contributed by atoms with van der Waals surface area (Å²) in [6, 6.07) is 4.90. The molecule has 2 aromatic heterocycles. The van der Waals surface area contributed by atoms with Crippen LogP contribution >= 0.6 is 0 Å². The highest BCUT2D eigenvalue weighted by molar-refractivity contribution is 5.95. The Morgan fingerprint density at radius 2 is 1.97 bits per heavy atom. The molecule has 210 valence electrons. The number of amides is 1. The van der Waals surface area contributed by atoms with Crippen molar-refractivity contribution in [3.8, 4) is 5.75 Å². The van der Waals surface area contributed by atoms with Crippen molar-refractivity contribution in [2.75, 3.05) is 31.6 Å². The van der Waals surface area contributed by atoms with Crippen LogP contribution in [0.3, 0.4) is 0 Å². The standard InChI is InChI=1S/C25H25F6N5O3/c1-13-19(16-4-5-17(27)20(28)21(16)38-8-7-35-9-14(26)10-35)22(39-24(13,2)25(29,30)31)23(37)33-15-3-6-18-34-32-12-36(18)11-15/h3-6,11-14,19,22H,7-10H2,1-2H3,(H,33,37)/t13-,19-,22+,24+/m0/s1. The largest absolute Gasteiger partial charge is 0.489 e. The van der Waals surface area contributed by atoms with Gasteiger partial charge in [0.2, 0.25) is 5.82 Å². The Labute approximate surface area is 218 Å². The van der Waals surface area contributed by atoms with Crippen LogP contribution in [0.15, 0.2) is 36.8 Å². The molecule has 0 aliphatic carbocycles. The normalized spacial score (nSPS) is 26.1. The number of ether oxygens (including phenoxy) is 2. The molecule has 1 amide bonds. The number of carbonyl (C=O) groups is 1. The first kappa shape index (κ1) is 27.2. The molecule has 5 rings (SSSR count). The summed E-state index contributed by atoms with van der Waals surface area (Å²) in [7, 11) is 0. The minimum absolute atomic E-state index is 0.143. The number of halogens is 6. The SMILES string of the molecule is C[C@H]1[C@@H](c2ccc(F)c(F)c2OCCN2CC(F)C2)[C@H](C(=O)Nc2ccc3nncn3c2)O[C@@]1(C)C(F)(F)F. The minimum atomic E-state index is -4.89. The Hall–Kier alpha value is -3.39. The molecule has 4 atom stereocenters. The summed E-state index contributed by atoms with van der Waals surface area (Å²) in [5.74, 6) is -6.96. The molecule has 14 heteroatoms. The number of hydrogen-bond acceptors (Lipinski definition) is 6. The number of aromatic nitrogens is 3. The Kier molecular flexibility index (Phi) is 6.95. The number of benzene rings is 1. The van der Waals surface area contributed by atoms with E-state index in [0.29, 0.717) is 5.65 Å². The van der Waals surface area contributed by atoms with Gasteiger partial charge in [-0.05, 0) is 25.1 Å². The summed E-state index contributed by atoms with van der Waals surface area (Å²) in [5.41, 5.74) is -2.22. The maximum atomic E-state index is 15.0. The highest BCUT2D eigenvalue weighted by Gasteiger charge is 2.66. The third kappa shape index (κ3) is 4.91. The van der Waals surface area contributed by atoms with Gasteiger partial charge in [0, 0.05) is 43.2 Å². The number of nitrogens with one attached hydrogen (secondary N) is 1. The zero-order valence-electron chi connectivity index (χ0n) is 20.9. The maximum Gasteiger partial charge on any atom is 0.417 e. The zero-order chi connectivity index (χ0) is 28.1. The van der Waals surface area contributed by atoms with Gasteiger partial charge in [-0.1, -0.05) is 13.0 Å². The Balaban J connectivity index is 1.48. The van der Waals surface area contributed by atoms with Crippen LogP contribution in [0, 0.1) is 17.6 Å². The van der Waals surface area contributed by atoms with Crippen molar-refractivity contribution in [2.24, 2.45) is 5.92 Å². The summed E-state index contributed by atoms with van der Waals surface area (Å²) in [6.45, 7) is 2.42. The summed E-state index contributed by atoms with van der Waals surface area (Å²) in [6.07, 6.45) is -4.76. The van der Waals surface area contributed by atoms with Crippen molar-refractivity contribution in [1.82, 2.24) is 19.5 Å². The number of likely N-dealkylation sites (tertiary alicyclic amines) is 1. The molecule has 0 unspecified atom stereocenters. The van der Waals surface area contributed by atoms with Crippen LogP contribution in [0.2, 0.25) is 0 Å². The van der Waals surface area contributed by atoms with Gasteiger partial charge < -0.3 is 14.8 Å². The van der Waals surface area contributed by atoms with E-state index in [2.05, 4.69) is 15.5 Å². The van der Waals surface area contributed by atoms with E-state index in [9.17, 15) is 31.1 Å². The van der Waals surface area contributed by atoms with Crippen molar-refractivity contribution in [3.63, 3.8) is 0 Å². The number of nitrogens with zero attached hydrogens (tertiary/aromatic N) is 4. The number of anilines is 1. The van der Waals surface area contributed by atoms with Crippen LogP contribution in [0.25, 0.3) is 5.65 Å². The molecule has 0 bridgehead atoms. The second-order valence-electron chi connectivity index (χ2n) is 9.95. The van der Waals surface area contributed by atoms with Crippen molar-refractivity contribution >= 4 is 17.2 Å². The fourth-order valence-corrected chi connectivity index (χ4v) is 5.06. The Morgan fingerprint density at radius 1 is 1.23 bits per heavy atom. The second-order valence-corrected chi connectivity index (χ2v) is 9.95. The molecule has 1 aromatic carbocycles. The first-order chi connectivity index (χ1) is 18.4. The van der Waals surface area contributed by atoms with E-state index in [1.54, 1.807) is 11.0 Å². The fourth-order valence-electron chi connectivity index (χ4n) is 5.06. The van der Waals surface area contributed by atoms with Gasteiger partial charge >= 0.3 is 6.18 Å². The molecule has 4 heterocycles. The molecule has 2 fully saturated rings. The van der Waals surface area contributed by atoms with Gasteiger partial charge in [0.15, 0.2) is 22.8 Å². The number of pyridine rings is 1. The van der Waals surface area contributed by atoms with Gasteiger partial charge in [-0.2, -0.15) is 17.6 Å². The first-order valence-corrected chi connectivity index (χ1v) is 12.2. The van der Waals surface area contributed by atoms with E-state index in [-0.39, 0.29) is 37.5 Å². The molecule has 2 aliphatic rings. The number of rotatable bonds is 7. The van der Waals surface area contributed by atoms with E-state index in [0.717, 1.165) is 19.1 Å². The number of fused-ring (bicyclic) bond motifs is 1. The fraction of sp³-hybridized carbons (Fsp3) is 0.480. The van der Waals surface area contributed by atoms with Gasteiger partial charge in [0.05, 0.1) is 5.69 Å². The van der Waals surface area contributed by atoms with Crippen molar-refractivity contribution in [2.45, 2.75) is 43.8 Å². The Bertz CT molecular complexity index is 1380. The summed E-state index contributed by atoms with van der Waals surface area (Å²) < 4.78 is 97.4. The quantitative estimate of drug-likeness (QED) is 0.441. The highest BCUT2D eigenvalue weighted by atomic mass is 19.4. The topological polar surface area (TPSA) is 81.0 Å². The van der Waals surface area contributed by atoms with E-state index in [1.807, 2.05) is 0 Å². The lowest BCUT2D eigenvalue weighted by atomic mass is 9.77. The number of alkyl halides is 4. The van der Waals surface area contributed by atoms with Crippen LogP contribution in [0.5, 0.6) is 5.75 Å². The molecule has 8 nitrogen and oxygen atoms in total. The molecule has 1 N–H and O–H groups in total. The number of hydrogen-bond donors (Lipinski definition) is 1. The Morgan fingerprint density at radius 3 is 2.67 bits per heavy atom. The highest BCUT2D eigenvalue weighted by Crippen LogP contribution is 2.55. The van der Waals surface area contributed by atoms with Crippen LogP contribution < -0.4 is 10.1 Å². The first-order valence-electron chi connectivity index (χ1n) is 12.2. The van der Waals surface area contributed by atoms with E-state index >= 15 is 0 Å². The minimum Gasteiger partial charge on any atom is -0.489 e. The van der Waals surface area contributed by atoms with Crippen molar-refractivity contribution in [3.05, 3.63) is 54.0 Å². The second kappa shape index (κ2) is 9.97. The smallest absolute Gasteiger partial charge is 0.417 e. The monoisotopic (exact) mass is 557 g/mol. The molecule has 2 saturated heterocycles. The van der Waals surface area contributed by atoms with E-state index in [4.69, 9.17) is 9.47 Å². The lowest BCUT2D eigenvalue weighted by Crippen LogP contribution is -2.49.